The van der Waals surface area contributed by atoms with Gasteiger partial charge in [-0.15, -0.1) is 0 Å². The van der Waals surface area contributed by atoms with Gasteiger partial charge in [-0.2, -0.15) is 5.10 Å². The van der Waals surface area contributed by atoms with Crippen LogP contribution in [-0.4, -0.2) is 60.0 Å². The molecule has 0 radical (unpaired) electrons. The van der Waals surface area contributed by atoms with Crippen molar-refractivity contribution in [3.8, 4) is 0 Å². The fraction of sp³-hybridized carbons (Fsp3) is 0.692. The molecular weight excluding hydrogens is 244 g/mol. The average Bonchev–Trinajstić information content (AvgIpc) is 2.95. The van der Waals surface area contributed by atoms with Gasteiger partial charge in [0, 0.05) is 26.4 Å². The summed E-state index contributed by atoms with van der Waals surface area (Å²) < 4.78 is 7.14. The van der Waals surface area contributed by atoms with Crippen LogP contribution in [0.15, 0.2) is 12.4 Å². The van der Waals surface area contributed by atoms with Crippen LogP contribution in [-0.2, 0) is 16.1 Å². The molecule has 1 aliphatic rings. The Hall–Kier alpha value is -1.40. The van der Waals surface area contributed by atoms with Crippen molar-refractivity contribution in [3.63, 3.8) is 0 Å². The minimum Gasteiger partial charge on any atom is -0.380 e. The van der Waals surface area contributed by atoms with Crippen LogP contribution in [0.5, 0.6) is 0 Å². The van der Waals surface area contributed by atoms with Gasteiger partial charge >= 0.3 is 0 Å². The van der Waals surface area contributed by atoms with Crippen LogP contribution in [0.2, 0.25) is 0 Å². The van der Waals surface area contributed by atoms with E-state index in [0.29, 0.717) is 13.1 Å². The van der Waals surface area contributed by atoms with Crippen LogP contribution in [0.4, 0.5) is 0 Å². The first-order valence-electron chi connectivity index (χ1n) is 6.60. The normalized spacial score (nSPS) is 23.7. The molecule has 0 bridgehead atoms. The monoisotopic (exact) mass is 266 g/mol. The molecule has 1 aliphatic heterocycles. The quantitative estimate of drug-likeness (QED) is 0.816. The number of carbonyl (C=O) groups excluding carboxylic acids is 1. The summed E-state index contributed by atoms with van der Waals surface area (Å²) >= 11 is 0. The van der Waals surface area contributed by atoms with E-state index in [9.17, 15) is 4.79 Å². The van der Waals surface area contributed by atoms with Gasteiger partial charge in [0.1, 0.15) is 0 Å². The number of methoxy groups -OCH3 is 1. The van der Waals surface area contributed by atoms with Crippen molar-refractivity contribution in [1.82, 2.24) is 20.0 Å². The number of hydrogen-bond donors (Lipinski definition) is 1. The number of nitrogens with one attached hydrogen (secondary N) is 1. The van der Waals surface area contributed by atoms with Gasteiger partial charge < -0.3 is 10.1 Å². The fourth-order valence-corrected chi connectivity index (χ4v) is 2.43. The number of likely N-dealkylation sites (tertiary alicyclic amines) is 1. The Balaban J connectivity index is 1.75. The molecule has 1 aromatic rings. The molecule has 1 fully saturated rings. The van der Waals surface area contributed by atoms with E-state index < -0.39 is 0 Å². The molecule has 0 spiro atoms. The Morgan fingerprint density at radius 2 is 2.42 bits per heavy atom. The van der Waals surface area contributed by atoms with E-state index in [1.807, 2.05) is 35.9 Å². The van der Waals surface area contributed by atoms with E-state index in [1.165, 1.54) is 0 Å². The summed E-state index contributed by atoms with van der Waals surface area (Å²) in [5, 5.41) is 7.15. The lowest BCUT2D eigenvalue weighted by atomic mass is 10.2. The van der Waals surface area contributed by atoms with E-state index in [4.69, 9.17) is 4.74 Å². The summed E-state index contributed by atoms with van der Waals surface area (Å²) in [6.07, 6.45) is 4.71. The topological polar surface area (TPSA) is 59.4 Å². The zero-order valence-electron chi connectivity index (χ0n) is 11.8. The maximum Gasteiger partial charge on any atom is 0.237 e. The number of aromatic nitrogens is 2. The molecule has 0 aromatic carbocycles. The number of hydrogen-bond acceptors (Lipinski definition) is 4. The zero-order chi connectivity index (χ0) is 13.8. The summed E-state index contributed by atoms with van der Waals surface area (Å²) in [6.45, 7) is 4.11. The summed E-state index contributed by atoms with van der Waals surface area (Å²) in [5.41, 5.74) is 1.13. The molecule has 2 heterocycles. The van der Waals surface area contributed by atoms with Gasteiger partial charge in [-0.25, -0.2) is 0 Å². The van der Waals surface area contributed by atoms with Gasteiger partial charge in [0.25, 0.3) is 0 Å². The van der Waals surface area contributed by atoms with Gasteiger partial charge in [0.05, 0.1) is 24.9 Å². The largest absolute Gasteiger partial charge is 0.380 e. The molecule has 0 saturated carbocycles. The van der Waals surface area contributed by atoms with Crippen molar-refractivity contribution in [1.29, 1.82) is 0 Å². The molecule has 1 N–H and O–H groups in total. The second-order valence-corrected chi connectivity index (χ2v) is 5.12. The lowest BCUT2D eigenvalue weighted by molar-refractivity contribution is -0.125. The molecule has 0 aliphatic carbocycles. The molecule has 2 atom stereocenters. The number of rotatable bonds is 5. The maximum atomic E-state index is 12.1. The number of carbonyl (C=O) groups is 1. The SMILES string of the molecule is CO[C@H]1C[C@@H](C(=O)NCCn2cc(C)cn2)N(C)C1. The van der Waals surface area contributed by atoms with Gasteiger partial charge in [0.2, 0.25) is 5.91 Å². The van der Waals surface area contributed by atoms with Gasteiger partial charge in [-0.3, -0.25) is 14.4 Å². The third-order valence-electron chi connectivity index (χ3n) is 3.55. The third kappa shape index (κ3) is 3.54. The fourth-order valence-electron chi connectivity index (χ4n) is 2.43. The highest BCUT2D eigenvalue weighted by molar-refractivity contribution is 5.82. The lowest BCUT2D eigenvalue weighted by Gasteiger charge is -2.18. The van der Waals surface area contributed by atoms with Crippen molar-refractivity contribution in [2.45, 2.75) is 32.0 Å². The first kappa shape index (κ1) is 14.0. The number of aryl methyl sites for hydroxylation is 1. The standard InChI is InChI=1S/C13H22N4O2/c1-10-7-15-17(8-10)5-4-14-13(18)12-6-11(19-3)9-16(12)2/h7-8,11-12H,4-6,9H2,1-3H3,(H,14,18)/t11-,12-/m0/s1. The van der Waals surface area contributed by atoms with Crippen LogP contribution >= 0.6 is 0 Å². The number of likely N-dealkylation sites (N-methyl/N-ethyl adjacent to an activating group) is 1. The van der Waals surface area contributed by atoms with Crippen molar-refractivity contribution in [2.75, 3.05) is 27.2 Å². The maximum absolute atomic E-state index is 12.1. The second kappa shape index (κ2) is 6.16. The summed E-state index contributed by atoms with van der Waals surface area (Å²) in [5.74, 6) is 0.0749. The third-order valence-corrected chi connectivity index (χ3v) is 3.55. The Labute approximate surface area is 113 Å². The molecule has 1 amide bonds. The summed E-state index contributed by atoms with van der Waals surface area (Å²) in [4.78, 5) is 14.1. The van der Waals surface area contributed by atoms with Crippen LogP contribution in [0, 0.1) is 6.92 Å². The van der Waals surface area contributed by atoms with Gasteiger partial charge in [0.15, 0.2) is 0 Å². The minimum absolute atomic E-state index is 0.0749. The predicted octanol–water partition coefficient (Wildman–Crippen LogP) is 0.0268. The van der Waals surface area contributed by atoms with E-state index in [2.05, 4.69) is 10.4 Å². The average molecular weight is 266 g/mol. The molecule has 0 unspecified atom stereocenters. The predicted molar refractivity (Wildman–Crippen MR) is 71.8 cm³/mol. The highest BCUT2D eigenvalue weighted by atomic mass is 16.5. The molecule has 2 rings (SSSR count). The Morgan fingerprint density at radius 3 is 3.00 bits per heavy atom. The van der Waals surface area contributed by atoms with Gasteiger partial charge in [-0.1, -0.05) is 0 Å². The molecule has 106 valence electrons. The number of amides is 1. The van der Waals surface area contributed by atoms with Crippen LogP contribution in [0.1, 0.15) is 12.0 Å². The molecule has 1 aromatic heterocycles. The second-order valence-electron chi connectivity index (χ2n) is 5.12. The number of nitrogens with zero attached hydrogens (tertiary/aromatic N) is 3. The first-order chi connectivity index (χ1) is 9.10. The molecule has 1 saturated heterocycles. The van der Waals surface area contributed by atoms with Crippen LogP contribution < -0.4 is 5.32 Å². The zero-order valence-corrected chi connectivity index (χ0v) is 11.8. The Kier molecular flexibility index (Phi) is 4.55. The van der Waals surface area contributed by atoms with E-state index in [-0.39, 0.29) is 18.1 Å². The van der Waals surface area contributed by atoms with Crippen LogP contribution in [0.3, 0.4) is 0 Å². The number of ether oxygens (including phenoxy) is 1. The minimum atomic E-state index is -0.0793. The Bertz CT molecular complexity index is 432. The van der Waals surface area contributed by atoms with E-state index in [0.717, 1.165) is 18.5 Å². The molecule has 19 heavy (non-hydrogen) atoms. The van der Waals surface area contributed by atoms with E-state index >= 15 is 0 Å². The highest BCUT2D eigenvalue weighted by Crippen LogP contribution is 2.17. The lowest BCUT2D eigenvalue weighted by Crippen LogP contribution is -2.42. The Morgan fingerprint density at radius 1 is 1.63 bits per heavy atom. The highest BCUT2D eigenvalue weighted by Gasteiger charge is 2.34. The van der Waals surface area contributed by atoms with Crippen molar-refractivity contribution >= 4 is 5.91 Å². The van der Waals surface area contributed by atoms with Crippen molar-refractivity contribution < 1.29 is 9.53 Å². The first-order valence-corrected chi connectivity index (χ1v) is 6.60. The molecule has 6 nitrogen and oxygen atoms in total. The smallest absolute Gasteiger partial charge is 0.237 e. The summed E-state index contributed by atoms with van der Waals surface area (Å²) in [6, 6.07) is -0.0793. The van der Waals surface area contributed by atoms with Gasteiger partial charge in [-0.05, 0) is 26.0 Å². The van der Waals surface area contributed by atoms with Crippen molar-refractivity contribution in [2.24, 2.45) is 0 Å². The molecular formula is C13H22N4O2. The van der Waals surface area contributed by atoms with Crippen molar-refractivity contribution in [3.05, 3.63) is 18.0 Å². The van der Waals surface area contributed by atoms with E-state index in [1.54, 1.807) is 7.11 Å². The molecule has 6 heteroatoms. The summed E-state index contributed by atoms with van der Waals surface area (Å²) in [7, 11) is 3.65. The van der Waals surface area contributed by atoms with Crippen LogP contribution in [0.25, 0.3) is 0 Å².